The number of carbonyl (C=O) groups is 2. The smallest absolute Gasteiger partial charge is 0.255 e. The molecule has 1 aliphatic heterocycles. The summed E-state index contributed by atoms with van der Waals surface area (Å²) in [4.78, 5) is 28.9. The number of rotatable bonds is 7. The highest BCUT2D eigenvalue weighted by Crippen LogP contribution is 2.27. The summed E-state index contributed by atoms with van der Waals surface area (Å²) in [5.41, 5.74) is 1.41. The van der Waals surface area contributed by atoms with Crippen molar-refractivity contribution in [3.05, 3.63) is 47.8 Å². The summed E-state index contributed by atoms with van der Waals surface area (Å²) in [5.74, 6) is -0.574. The highest BCUT2D eigenvalue weighted by atomic mass is 19.1. The van der Waals surface area contributed by atoms with E-state index in [-0.39, 0.29) is 24.1 Å². The first-order valence-electron chi connectivity index (χ1n) is 11.2. The van der Waals surface area contributed by atoms with Crippen LogP contribution in [0.25, 0.3) is 16.9 Å². The van der Waals surface area contributed by atoms with Crippen LogP contribution in [0.5, 0.6) is 0 Å². The molecular formula is C24H26FN7O3. The van der Waals surface area contributed by atoms with E-state index in [4.69, 9.17) is 5.26 Å². The standard InChI is InChI=1S/C24H26FN7O3/c1-24(2,35)21(25)13-29-23(34)17-12-27-19(8-18(17)31-15-3-6-22(33)28-11-15)20-5-4-16-7-14(9-26)10-30-32(16)20/h4-5,7-8,10,12,15,21,35H,3,6,11,13H2,1-2H3,(H,27,31)(H,28,33)(H,29,34)/t15-,21+/m0/s1. The number of pyridine rings is 1. The van der Waals surface area contributed by atoms with Gasteiger partial charge in [-0.1, -0.05) is 0 Å². The first-order chi connectivity index (χ1) is 16.7. The fraction of sp³-hybridized carbons (Fsp3) is 0.375. The number of alkyl halides is 1. The number of anilines is 1. The molecule has 35 heavy (non-hydrogen) atoms. The Morgan fingerprint density at radius 2 is 2.20 bits per heavy atom. The number of halogens is 1. The number of aromatic nitrogens is 3. The summed E-state index contributed by atoms with van der Waals surface area (Å²) < 4.78 is 15.8. The molecule has 11 heteroatoms. The fourth-order valence-electron chi connectivity index (χ4n) is 3.75. The molecule has 182 valence electrons. The molecule has 10 nitrogen and oxygen atoms in total. The third-order valence-electron chi connectivity index (χ3n) is 5.87. The summed E-state index contributed by atoms with van der Waals surface area (Å²) >= 11 is 0. The van der Waals surface area contributed by atoms with Crippen molar-refractivity contribution < 1.29 is 19.1 Å². The van der Waals surface area contributed by atoms with E-state index < -0.39 is 17.7 Å². The highest BCUT2D eigenvalue weighted by molar-refractivity contribution is 6.00. The largest absolute Gasteiger partial charge is 0.387 e. The van der Waals surface area contributed by atoms with Crippen molar-refractivity contribution in [1.82, 2.24) is 25.2 Å². The second kappa shape index (κ2) is 9.68. The van der Waals surface area contributed by atoms with Gasteiger partial charge in [-0.15, -0.1) is 0 Å². The van der Waals surface area contributed by atoms with Crippen LogP contribution in [-0.2, 0) is 4.79 Å². The number of hydrogen-bond donors (Lipinski definition) is 4. The zero-order chi connectivity index (χ0) is 25.2. The Labute approximate surface area is 201 Å². The van der Waals surface area contributed by atoms with Gasteiger partial charge in [-0.2, -0.15) is 10.4 Å². The molecule has 0 bridgehead atoms. The maximum absolute atomic E-state index is 14.2. The summed E-state index contributed by atoms with van der Waals surface area (Å²) in [6.45, 7) is 2.70. The number of nitriles is 1. The monoisotopic (exact) mass is 479 g/mol. The molecule has 4 heterocycles. The van der Waals surface area contributed by atoms with Crippen LogP contribution in [0.3, 0.4) is 0 Å². The summed E-state index contributed by atoms with van der Waals surface area (Å²) in [5, 5.41) is 31.9. The van der Waals surface area contributed by atoms with Crippen molar-refractivity contribution in [2.24, 2.45) is 0 Å². The third-order valence-corrected chi connectivity index (χ3v) is 5.87. The van der Waals surface area contributed by atoms with Crippen molar-refractivity contribution in [2.45, 2.75) is 44.5 Å². The summed E-state index contributed by atoms with van der Waals surface area (Å²) in [7, 11) is 0. The molecule has 0 saturated carbocycles. The average molecular weight is 480 g/mol. The van der Waals surface area contributed by atoms with Gasteiger partial charge in [0.1, 0.15) is 12.2 Å². The van der Waals surface area contributed by atoms with Crippen LogP contribution in [0.4, 0.5) is 10.1 Å². The molecule has 0 aromatic carbocycles. The van der Waals surface area contributed by atoms with Gasteiger partial charge >= 0.3 is 0 Å². The van der Waals surface area contributed by atoms with E-state index in [0.717, 1.165) is 0 Å². The quantitative estimate of drug-likeness (QED) is 0.404. The minimum atomic E-state index is -1.65. The molecule has 2 atom stereocenters. The Morgan fingerprint density at radius 1 is 1.40 bits per heavy atom. The van der Waals surface area contributed by atoms with E-state index in [0.29, 0.717) is 47.5 Å². The molecule has 4 rings (SSSR count). The van der Waals surface area contributed by atoms with Crippen LogP contribution < -0.4 is 16.0 Å². The Balaban J connectivity index is 1.65. The first-order valence-corrected chi connectivity index (χ1v) is 11.2. The van der Waals surface area contributed by atoms with E-state index in [9.17, 15) is 19.1 Å². The van der Waals surface area contributed by atoms with Crippen molar-refractivity contribution in [3.8, 4) is 17.5 Å². The Kier molecular flexibility index (Phi) is 6.66. The fourth-order valence-corrected chi connectivity index (χ4v) is 3.75. The van der Waals surface area contributed by atoms with Crippen LogP contribution in [0.2, 0.25) is 0 Å². The van der Waals surface area contributed by atoms with Crippen molar-refractivity contribution in [2.75, 3.05) is 18.4 Å². The van der Waals surface area contributed by atoms with Crippen LogP contribution >= 0.6 is 0 Å². The molecule has 4 N–H and O–H groups in total. The minimum absolute atomic E-state index is 0.0282. The molecule has 1 saturated heterocycles. The van der Waals surface area contributed by atoms with E-state index in [1.807, 2.05) is 12.1 Å². The van der Waals surface area contributed by atoms with Gasteiger partial charge in [-0.05, 0) is 44.5 Å². The van der Waals surface area contributed by atoms with Gasteiger partial charge in [-0.3, -0.25) is 14.6 Å². The maximum atomic E-state index is 14.2. The second-order valence-electron chi connectivity index (χ2n) is 9.04. The lowest BCUT2D eigenvalue weighted by atomic mass is 10.0. The first kappa shape index (κ1) is 24.1. The Morgan fingerprint density at radius 3 is 2.89 bits per heavy atom. The molecule has 0 unspecified atom stereocenters. The topological polar surface area (TPSA) is 144 Å². The Hall–Kier alpha value is -4.04. The highest BCUT2D eigenvalue weighted by Gasteiger charge is 2.28. The Bertz CT molecular complexity index is 1300. The van der Waals surface area contributed by atoms with E-state index in [2.05, 4.69) is 32.1 Å². The number of amides is 2. The van der Waals surface area contributed by atoms with Gasteiger partial charge in [0.15, 0.2) is 0 Å². The van der Waals surface area contributed by atoms with Crippen molar-refractivity contribution >= 4 is 23.0 Å². The average Bonchev–Trinajstić information content (AvgIpc) is 3.26. The van der Waals surface area contributed by atoms with Crippen molar-refractivity contribution in [1.29, 1.82) is 5.26 Å². The second-order valence-corrected chi connectivity index (χ2v) is 9.04. The maximum Gasteiger partial charge on any atom is 0.255 e. The molecule has 0 radical (unpaired) electrons. The minimum Gasteiger partial charge on any atom is -0.387 e. The molecule has 1 fully saturated rings. The molecule has 3 aromatic heterocycles. The lowest BCUT2D eigenvalue weighted by molar-refractivity contribution is -0.122. The van der Waals surface area contributed by atoms with Crippen LogP contribution in [0.1, 0.15) is 42.6 Å². The van der Waals surface area contributed by atoms with E-state index >= 15 is 0 Å². The van der Waals surface area contributed by atoms with E-state index in [1.54, 1.807) is 16.6 Å². The molecular weight excluding hydrogens is 453 g/mol. The van der Waals surface area contributed by atoms with Gasteiger partial charge in [0.2, 0.25) is 5.91 Å². The summed E-state index contributed by atoms with van der Waals surface area (Å²) in [6, 6.07) is 8.98. The number of fused-ring (bicyclic) bond motifs is 1. The lowest BCUT2D eigenvalue weighted by Crippen LogP contribution is -2.43. The number of aliphatic hydroxyl groups is 1. The lowest BCUT2D eigenvalue weighted by Gasteiger charge is -2.26. The van der Waals surface area contributed by atoms with E-state index in [1.165, 1.54) is 26.2 Å². The zero-order valence-electron chi connectivity index (χ0n) is 19.4. The predicted octanol–water partition coefficient (Wildman–Crippen LogP) is 1.80. The van der Waals surface area contributed by atoms with Crippen LogP contribution in [0, 0.1) is 11.3 Å². The number of piperidine rings is 1. The molecule has 1 aliphatic rings. The SMILES string of the molecule is CC(C)(O)[C@H](F)CNC(=O)c1cnc(-c2ccc3cc(C#N)cnn23)cc1N[C@H]1CCC(=O)NC1. The number of carbonyl (C=O) groups excluding carboxylic acids is 2. The molecule has 3 aromatic rings. The molecule has 2 amide bonds. The van der Waals surface area contributed by atoms with Crippen molar-refractivity contribution in [3.63, 3.8) is 0 Å². The van der Waals surface area contributed by atoms with Gasteiger partial charge in [-0.25, -0.2) is 8.91 Å². The van der Waals surface area contributed by atoms with Gasteiger partial charge in [0, 0.05) is 25.2 Å². The predicted molar refractivity (Wildman–Crippen MR) is 126 cm³/mol. The van der Waals surface area contributed by atoms with Gasteiger partial charge < -0.3 is 21.1 Å². The van der Waals surface area contributed by atoms with Gasteiger partial charge in [0.25, 0.3) is 5.91 Å². The summed E-state index contributed by atoms with van der Waals surface area (Å²) in [6.07, 6.45) is 2.15. The third kappa shape index (κ3) is 5.38. The normalized spacial score (nSPS) is 16.9. The number of nitrogens with zero attached hydrogens (tertiary/aromatic N) is 4. The van der Waals surface area contributed by atoms with Crippen LogP contribution in [0.15, 0.2) is 36.7 Å². The molecule has 0 aliphatic carbocycles. The van der Waals surface area contributed by atoms with Gasteiger partial charge in [0.05, 0.1) is 52.1 Å². The van der Waals surface area contributed by atoms with Crippen LogP contribution in [-0.4, -0.2) is 62.4 Å². The molecule has 0 spiro atoms. The number of nitrogens with one attached hydrogen (secondary N) is 3. The number of hydrogen-bond acceptors (Lipinski definition) is 7. The zero-order valence-corrected chi connectivity index (χ0v) is 19.4.